The molecule has 5 nitrogen and oxygen atoms in total. The van der Waals surface area contributed by atoms with Crippen LogP contribution in [0.25, 0.3) is 11.4 Å². The van der Waals surface area contributed by atoms with Crippen LogP contribution in [0.1, 0.15) is 31.9 Å². The molecule has 0 radical (unpaired) electrons. The third kappa shape index (κ3) is 4.36. The summed E-state index contributed by atoms with van der Waals surface area (Å²) in [7, 11) is 1.63. The molecule has 1 N–H and O–H groups in total. The van der Waals surface area contributed by atoms with Crippen molar-refractivity contribution in [2.75, 3.05) is 7.11 Å². The second-order valence-electron chi connectivity index (χ2n) is 7.12. The van der Waals surface area contributed by atoms with Crippen LogP contribution in [0.2, 0.25) is 0 Å². The fourth-order valence-electron chi connectivity index (χ4n) is 2.63. The molecule has 0 saturated carbocycles. The van der Waals surface area contributed by atoms with E-state index in [2.05, 4.69) is 64.1 Å². The van der Waals surface area contributed by atoms with Gasteiger partial charge in [-0.15, -0.1) is 0 Å². The zero-order chi connectivity index (χ0) is 19.6. The summed E-state index contributed by atoms with van der Waals surface area (Å²) >= 11 is 8.82. The van der Waals surface area contributed by atoms with Crippen molar-refractivity contribution in [1.82, 2.24) is 14.9 Å². The van der Waals surface area contributed by atoms with Crippen molar-refractivity contribution in [2.24, 2.45) is 5.10 Å². The molecule has 0 aliphatic rings. The van der Waals surface area contributed by atoms with Crippen molar-refractivity contribution in [2.45, 2.75) is 26.2 Å². The highest BCUT2D eigenvalue weighted by Gasteiger charge is 2.15. The summed E-state index contributed by atoms with van der Waals surface area (Å²) in [6, 6.07) is 14.0. The predicted octanol–water partition coefficient (Wildman–Crippen LogP) is 5.56. The first-order valence-electron chi connectivity index (χ1n) is 8.46. The fraction of sp³-hybridized carbons (Fsp3) is 0.250. The maximum atomic E-state index is 5.39. The van der Waals surface area contributed by atoms with Crippen LogP contribution in [-0.2, 0) is 5.41 Å². The first-order chi connectivity index (χ1) is 12.8. The largest absolute Gasteiger partial charge is 0.496 e. The van der Waals surface area contributed by atoms with Gasteiger partial charge < -0.3 is 4.74 Å². The number of H-pyrrole nitrogens is 1. The SMILES string of the molecule is COc1ccc(Br)cc1/C=N\n1c(-c2ccc(C(C)(C)C)cc2)n[nH]c1=S. The van der Waals surface area contributed by atoms with E-state index >= 15 is 0 Å². The average molecular weight is 445 g/mol. The number of benzene rings is 2. The highest BCUT2D eigenvalue weighted by atomic mass is 79.9. The van der Waals surface area contributed by atoms with Gasteiger partial charge in [0.1, 0.15) is 5.75 Å². The Hall–Kier alpha value is -2.25. The first-order valence-corrected chi connectivity index (χ1v) is 9.66. The summed E-state index contributed by atoms with van der Waals surface area (Å²) in [6.07, 6.45) is 1.71. The third-order valence-corrected chi connectivity index (χ3v) is 4.92. The number of hydrogen-bond donors (Lipinski definition) is 1. The standard InChI is InChI=1S/C20H21BrN4OS/c1-20(2,3)15-7-5-13(6-8-15)18-23-24-19(27)25(18)22-12-14-11-16(21)9-10-17(14)26-4/h5-12H,1-4H3,(H,24,27)/b22-12-. The van der Waals surface area contributed by atoms with E-state index in [9.17, 15) is 0 Å². The van der Waals surface area contributed by atoms with Crippen LogP contribution in [0.3, 0.4) is 0 Å². The van der Waals surface area contributed by atoms with Gasteiger partial charge in [0.15, 0.2) is 5.82 Å². The molecule has 1 aromatic heterocycles. The van der Waals surface area contributed by atoms with Crippen molar-refractivity contribution in [3.63, 3.8) is 0 Å². The summed E-state index contributed by atoms with van der Waals surface area (Å²) in [5, 5.41) is 11.7. The molecule has 2 aromatic carbocycles. The second-order valence-corrected chi connectivity index (χ2v) is 8.42. The Balaban J connectivity index is 1.99. The second kappa shape index (κ2) is 7.78. The zero-order valence-electron chi connectivity index (χ0n) is 15.7. The number of rotatable bonds is 4. The summed E-state index contributed by atoms with van der Waals surface area (Å²) < 4.78 is 8.37. The van der Waals surface area contributed by atoms with E-state index in [0.717, 1.165) is 21.3 Å². The number of ether oxygens (including phenoxy) is 1. The van der Waals surface area contributed by atoms with Crippen LogP contribution in [0.5, 0.6) is 5.75 Å². The van der Waals surface area contributed by atoms with Crippen molar-refractivity contribution in [1.29, 1.82) is 0 Å². The lowest BCUT2D eigenvalue weighted by Gasteiger charge is -2.18. The number of methoxy groups -OCH3 is 1. The molecule has 7 heteroatoms. The maximum Gasteiger partial charge on any atom is 0.216 e. The minimum atomic E-state index is 0.0959. The number of nitrogens with zero attached hydrogens (tertiary/aromatic N) is 3. The highest BCUT2D eigenvalue weighted by Crippen LogP contribution is 2.26. The van der Waals surface area contributed by atoms with Crippen LogP contribution in [0, 0.1) is 4.77 Å². The van der Waals surface area contributed by atoms with E-state index in [1.807, 2.05) is 30.3 Å². The van der Waals surface area contributed by atoms with Crippen LogP contribution in [0.15, 0.2) is 52.0 Å². The minimum absolute atomic E-state index is 0.0959. The van der Waals surface area contributed by atoms with Crippen molar-refractivity contribution < 1.29 is 4.74 Å². The molecule has 140 valence electrons. The first kappa shape index (κ1) is 19.5. The van der Waals surface area contributed by atoms with Crippen LogP contribution < -0.4 is 4.74 Å². The molecule has 0 aliphatic carbocycles. The molecule has 3 rings (SSSR count). The molecule has 0 bridgehead atoms. The molecular weight excluding hydrogens is 424 g/mol. The maximum absolute atomic E-state index is 5.39. The van der Waals surface area contributed by atoms with E-state index in [4.69, 9.17) is 17.0 Å². The molecule has 0 unspecified atom stereocenters. The molecule has 0 aliphatic heterocycles. The van der Waals surface area contributed by atoms with Gasteiger partial charge in [0.2, 0.25) is 4.77 Å². The Kier molecular flexibility index (Phi) is 5.62. The lowest BCUT2D eigenvalue weighted by molar-refractivity contribution is 0.414. The molecule has 3 aromatic rings. The smallest absolute Gasteiger partial charge is 0.216 e. The van der Waals surface area contributed by atoms with E-state index in [-0.39, 0.29) is 5.41 Å². The number of nitrogens with one attached hydrogen (secondary N) is 1. The van der Waals surface area contributed by atoms with Crippen molar-refractivity contribution in [3.8, 4) is 17.1 Å². The number of hydrogen-bond acceptors (Lipinski definition) is 4. The predicted molar refractivity (Wildman–Crippen MR) is 115 cm³/mol. The normalized spacial score (nSPS) is 11.9. The Morgan fingerprint density at radius 1 is 1.19 bits per heavy atom. The van der Waals surface area contributed by atoms with Crippen LogP contribution in [0.4, 0.5) is 0 Å². The van der Waals surface area contributed by atoms with Gasteiger partial charge in [0, 0.05) is 15.6 Å². The summed E-state index contributed by atoms with van der Waals surface area (Å²) in [6.45, 7) is 6.56. The summed E-state index contributed by atoms with van der Waals surface area (Å²) in [5.41, 5.74) is 3.13. The average Bonchev–Trinajstić information content (AvgIpc) is 3.00. The number of aromatic amines is 1. The number of halogens is 1. The molecule has 0 atom stereocenters. The topological polar surface area (TPSA) is 55.2 Å². The van der Waals surface area contributed by atoms with E-state index in [0.29, 0.717) is 10.6 Å². The molecule has 27 heavy (non-hydrogen) atoms. The molecular formula is C20H21BrN4OS. The Morgan fingerprint density at radius 3 is 2.52 bits per heavy atom. The monoisotopic (exact) mass is 444 g/mol. The summed E-state index contributed by atoms with van der Waals surface area (Å²) in [5.74, 6) is 1.39. The van der Waals surface area contributed by atoms with Crippen LogP contribution >= 0.6 is 28.1 Å². The van der Waals surface area contributed by atoms with Gasteiger partial charge in [0.05, 0.1) is 13.3 Å². The Bertz CT molecular complexity index is 1030. The lowest BCUT2D eigenvalue weighted by atomic mass is 9.87. The van der Waals surface area contributed by atoms with Gasteiger partial charge >= 0.3 is 0 Å². The van der Waals surface area contributed by atoms with Crippen molar-refractivity contribution in [3.05, 3.63) is 62.8 Å². The summed E-state index contributed by atoms with van der Waals surface area (Å²) in [4.78, 5) is 0. The van der Waals surface area contributed by atoms with Gasteiger partial charge in [-0.2, -0.15) is 14.9 Å². The highest BCUT2D eigenvalue weighted by molar-refractivity contribution is 9.10. The molecule has 0 amide bonds. The van der Waals surface area contributed by atoms with Gasteiger partial charge in [-0.25, -0.2) is 5.10 Å². The molecule has 0 saturated heterocycles. The van der Waals surface area contributed by atoms with E-state index < -0.39 is 0 Å². The minimum Gasteiger partial charge on any atom is -0.496 e. The van der Waals surface area contributed by atoms with Crippen LogP contribution in [-0.4, -0.2) is 28.2 Å². The Labute approximate surface area is 172 Å². The van der Waals surface area contributed by atoms with Gasteiger partial charge in [0.25, 0.3) is 0 Å². The fourth-order valence-corrected chi connectivity index (χ4v) is 3.19. The van der Waals surface area contributed by atoms with E-state index in [1.165, 1.54) is 5.56 Å². The van der Waals surface area contributed by atoms with Gasteiger partial charge in [-0.1, -0.05) is 61.0 Å². The van der Waals surface area contributed by atoms with Crippen molar-refractivity contribution >= 4 is 34.4 Å². The molecule has 0 fully saturated rings. The van der Waals surface area contributed by atoms with Gasteiger partial charge in [-0.05, 0) is 41.4 Å². The number of aromatic nitrogens is 3. The Morgan fingerprint density at radius 2 is 1.89 bits per heavy atom. The molecule has 0 spiro atoms. The lowest BCUT2D eigenvalue weighted by Crippen LogP contribution is -2.10. The zero-order valence-corrected chi connectivity index (χ0v) is 18.1. The third-order valence-electron chi connectivity index (χ3n) is 4.16. The molecule has 1 heterocycles. The van der Waals surface area contributed by atoms with E-state index in [1.54, 1.807) is 18.0 Å². The van der Waals surface area contributed by atoms with Gasteiger partial charge in [-0.3, -0.25) is 0 Å². The quantitative estimate of drug-likeness (QED) is 0.423.